The number of ether oxygens (including phenoxy) is 2. The van der Waals surface area contributed by atoms with E-state index < -0.39 is 0 Å². The average molecular weight is 248 g/mol. The van der Waals surface area contributed by atoms with Gasteiger partial charge in [0.1, 0.15) is 5.82 Å². The molecule has 2 aliphatic rings. The van der Waals surface area contributed by atoms with Gasteiger partial charge in [-0.15, -0.1) is 0 Å². The van der Waals surface area contributed by atoms with E-state index in [0.29, 0.717) is 11.7 Å². The van der Waals surface area contributed by atoms with Gasteiger partial charge in [-0.25, -0.2) is 4.98 Å². The number of hydrogen-bond acceptors (Lipinski definition) is 4. The van der Waals surface area contributed by atoms with Crippen LogP contribution in [-0.2, 0) is 15.9 Å². The Morgan fingerprint density at radius 1 is 1.44 bits per heavy atom. The Morgan fingerprint density at radius 2 is 2.39 bits per heavy atom. The monoisotopic (exact) mass is 248 g/mol. The lowest BCUT2D eigenvalue weighted by molar-refractivity contribution is -0.0976. The number of rotatable bonds is 2. The molecule has 1 spiro atoms. The second kappa shape index (κ2) is 4.86. The summed E-state index contributed by atoms with van der Waals surface area (Å²) in [7, 11) is 0. The predicted molar refractivity (Wildman–Crippen MR) is 69.2 cm³/mol. The fourth-order valence-corrected chi connectivity index (χ4v) is 3.12. The van der Waals surface area contributed by atoms with Crippen LogP contribution in [0.1, 0.15) is 24.8 Å². The number of hydrogen-bond donors (Lipinski definition) is 1. The highest BCUT2D eigenvalue weighted by atomic mass is 16.6. The first-order valence-electron chi connectivity index (χ1n) is 6.68. The highest BCUT2D eigenvalue weighted by Gasteiger charge is 2.40. The van der Waals surface area contributed by atoms with E-state index in [0.717, 1.165) is 45.5 Å². The lowest BCUT2D eigenvalue weighted by Gasteiger charge is -2.37. The largest absolute Gasteiger partial charge is 0.384 e. The van der Waals surface area contributed by atoms with E-state index in [-0.39, 0.29) is 5.60 Å². The minimum atomic E-state index is 0.00148. The van der Waals surface area contributed by atoms with Crippen molar-refractivity contribution in [1.29, 1.82) is 0 Å². The molecule has 1 aromatic heterocycles. The Hall–Kier alpha value is -1.13. The average Bonchev–Trinajstić information content (AvgIpc) is 2.77. The van der Waals surface area contributed by atoms with Gasteiger partial charge in [0.05, 0.1) is 12.2 Å². The fraction of sp³-hybridized carbons (Fsp3) is 0.643. The van der Waals surface area contributed by atoms with Crippen molar-refractivity contribution < 1.29 is 9.47 Å². The summed E-state index contributed by atoms with van der Waals surface area (Å²) in [6.45, 7) is 2.46. The van der Waals surface area contributed by atoms with Gasteiger partial charge in [-0.1, -0.05) is 0 Å². The van der Waals surface area contributed by atoms with Gasteiger partial charge in [0.15, 0.2) is 0 Å². The van der Waals surface area contributed by atoms with Gasteiger partial charge in [0.25, 0.3) is 0 Å². The van der Waals surface area contributed by atoms with E-state index in [1.807, 2.05) is 6.07 Å². The van der Waals surface area contributed by atoms with Gasteiger partial charge in [-0.05, 0) is 42.9 Å². The van der Waals surface area contributed by atoms with Crippen molar-refractivity contribution in [3.63, 3.8) is 0 Å². The lowest BCUT2D eigenvalue weighted by Crippen LogP contribution is -2.40. The van der Waals surface area contributed by atoms with E-state index in [2.05, 4.69) is 11.1 Å². The van der Waals surface area contributed by atoms with Crippen molar-refractivity contribution in [2.75, 3.05) is 25.6 Å². The van der Waals surface area contributed by atoms with Crippen LogP contribution in [-0.4, -0.2) is 30.4 Å². The third-order valence-corrected chi connectivity index (χ3v) is 4.03. The van der Waals surface area contributed by atoms with Gasteiger partial charge in [0, 0.05) is 25.8 Å². The predicted octanol–water partition coefficient (Wildman–Crippen LogP) is 1.79. The van der Waals surface area contributed by atoms with Crippen LogP contribution in [0.4, 0.5) is 5.82 Å². The molecule has 2 fully saturated rings. The Morgan fingerprint density at radius 3 is 3.17 bits per heavy atom. The summed E-state index contributed by atoms with van der Waals surface area (Å²) in [4.78, 5) is 4.04. The maximum absolute atomic E-state index is 5.96. The molecule has 0 aromatic carbocycles. The van der Waals surface area contributed by atoms with Gasteiger partial charge in [-0.3, -0.25) is 0 Å². The van der Waals surface area contributed by atoms with Crippen LogP contribution < -0.4 is 5.73 Å². The topological polar surface area (TPSA) is 57.4 Å². The highest BCUT2D eigenvalue weighted by Crippen LogP contribution is 2.37. The van der Waals surface area contributed by atoms with E-state index in [1.165, 1.54) is 5.56 Å². The second-order valence-corrected chi connectivity index (χ2v) is 5.49. The van der Waals surface area contributed by atoms with Crippen LogP contribution in [0.15, 0.2) is 18.3 Å². The van der Waals surface area contributed by atoms with Crippen molar-refractivity contribution in [1.82, 2.24) is 4.98 Å². The van der Waals surface area contributed by atoms with Crippen LogP contribution >= 0.6 is 0 Å². The maximum Gasteiger partial charge on any atom is 0.123 e. The molecule has 18 heavy (non-hydrogen) atoms. The standard InChI is InChI=1S/C14H20N2O2/c15-13-8-11(1-4-16-13)7-12-2-5-18-14(9-12)3-6-17-10-14/h1,4,8,12H,2-3,5-7,9-10H2,(H2,15,16). The molecule has 3 heterocycles. The number of nitrogen functional groups attached to an aromatic ring is 1. The molecule has 2 aliphatic heterocycles. The Kier molecular flexibility index (Phi) is 3.22. The first-order valence-corrected chi connectivity index (χ1v) is 6.68. The van der Waals surface area contributed by atoms with Crippen molar-refractivity contribution in [3.05, 3.63) is 23.9 Å². The van der Waals surface area contributed by atoms with Gasteiger partial charge in [-0.2, -0.15) is 0 Å². The number of aromatic nitrogens is 1. The molecule has 2 atom stereocenters. The molecule has 2 unspecified atom stereocenters. The molecule has 4 nitrogen and oxygen atoms in total. The highest BCUT2D eigenvalue weighted by molar-refractivity contribution is 5.32. The minimum Gasteiger partial charge on any atom is -0.384 e. The molecular formula is C14H20N2O2. The van der Waals surface area contributed by atoms with Crippen molar-refractivity contribution >= 4 is 5.82 Å². The molecule has 0 bridgehead atoms. The second-order valence-electron chi connectivity index (χ2n) is 5.49. The lowest BCUT2D eigenvalue weighted by atomic mass is 9.82. The van der Waals surface area contributed by atoms with Crippen LogP contribution in [0.2, 0.25) is 0 Å². The van der Waals surface area contributed by atoms with Crippen LogP contribution in [0, 0.1) is 5.92 Å². The Balaban J connectivity index is 1.66. The molecule has 0 radical (unpaired) electrons. The summed E-state index contributed by atoms with van der Waals surface area (Å²) < 4.78 is 11.5. The third kappa shape index (κ3) is 2.49. The maximum atomic E-state index is 5.96. The molecule has 2 saturated heterocycles. The third-order valence-electron chi connectivity index (χ3n) is 4.03. The summed E-state index contributed by atoms with van der Waals surface area (Å²) >= 11 is 0. The SMILES string of the molecule is Nc1cc(CC2CCOC3(CCOC3)C2)ccn1. The van der Waals surface area contributed by atoms with E-state index in [9.17, 15) is 0 Å². The fourth-order valence-electron chi connectivity index (χ4n) is 3.12. The van der Waals surface area contributed by atoms with E-state index in [1.54, 1.807) is 6.20 Å². The van der Waals surface area contributed by atoms with Crippen molar-refractivity contribution in [2.45, 2.75) is 31.3 Å². The quantitative estimate of drug-likeness (QED) is 0.867. The molecule has 4 heteroatoms. The normalized spacial score (nSPS) is 31.9. The van der Waals surface area contributed by atoms with Crippen molar-refractivity contribution in [3.8, 4) is 0 Å². The molecular weight excluding hydrogens is 228 g/mol. The zero-order chi connectivity index (χ0) is 12.4. The Bertz CT molecular complexity index is 416. The first kappa shape index (κ1) is 11.9. The number of pyridine rings is 1. The van der Waals surface area contributed by atoms with Crippen LogP contribution in [0.5, 0.6) is 0 Å². The van der Waals surface area contributed by atoms with Crippen LogP contribution in [0.3, 0.4) is 0 Å². The number of nitrogens with zero attached hydrogens (tertiary/aromatic N) is 1. The molecule has 1 aromatic rings. The first-order chi connectivity index (χ1) is 8.76. The molecule has 0 amide bonds. The zero-order valence-electron chi connectivity index (χ0n) is 10.6. The molecule has 0 saturated carbocycles. The summed E-state index contributed by atoms with van der Waals surface area (Å²) in [5, 5.41) is 0. The summed E-state index contributed by atoms with van der Waals surface area (Å²) in [5.41, 5.74) is 7.01. The molecule has 98 valence electrons. The number of anilines is 1. The van der Waals surface area contributed by atoms with E-state index >= 15 is 0 Å². The van der Waals surface area contributed by atoms with E-state index in [4.69, 9.17) is 15.2 Å². The van der Waals surface area contributed by atoms with Gasteiger partial charge in [0.2, 0.25) is 0 Å². The van der Waals surface area contributed by atoms with Crippen molar-refractivity contribution in [2.24, 2.45) is 5.92 Å². The summed E-state index contributed by atoms with van der Waals surface area (Å²) in [5.74, 6) is 1.28. The van der Waals surface area contributed by atoms with Crippen LogP contribution in [0.25, 0.3) is 0 Å². The minimum absolute atomic E-state index is 0.00148. The molecule has 2 N–H and O–H groups in total. The van der Waals surface area contributed by atoms with Gasteiger partial charge >= 0.3 is 0 Å². The molecule has 3 rings (SSSR count). The Labute approximate surface area is 107 Å². The summed E-state index contributed by atoms with van der Waals surface area (Å²) in [6.07, 6.45) is 6.14. The van der Waals surface area contributed by atoms with Gasteiger partial charge < -0.3 is 15.2 Å². The zero-order valence-corrected chi connectivity index (χ0v) is 10.6. The molecule has 0 aliphatic carbocycles. The number of nitrogens with two attached hydrogens (primary N) is 1. The smallest absolute Gasteiger partial charge is 0.123 e. The summed E-state index contributed by atoms with van der Waals surface area (Å²) in [6, 6.07) is 4.04.